The van der Waals surface area contributed by atoms with Crippen LogP contribution >= 0.6 is 0 Å². The number of nitrogens with one attached hydrogen (secondary N) is 1. The van der Waals surface area contributed by atoms with Gasteiger partial charge < -0.3 is 0 Å². The van der Waals surface area contributed by atoms with Gasteiger partial charge in [-0.15, -0.1) is 0 Å². The van der Waals surface area contributed by atoms with Crippen molar-refractivity contribution in [3.05, 3.63) is 185 Å². The molecule has 6 rings (SSSR count). The second kappa shape index (κ2) is 23.4. The summed E-state index contributed by atoms with van der Waals surface area (Å²) in [5.41, 5.74) is -6.82. The van der Waals surface area contributed by atoms with Crippen molar-refractivity contribution in [1.82, 2.24) is 20.0 Å². The molecule has 0 saturated heterocycles. The van der Waals surface area contributed by atoms with Gasteiger partial charge in [0.05, 0.1) is 39.6 Å². The summed E-state index contributed by atoms with van der Waals surface area (Å²) in [4.78, 5) is 46.3. The fourth-order valence-electron chi connectivity index (χ4n) is 7.69. The normalized spacial score (nSPS) is 13.8. The molecule has 0 spiro atoms. The number of hydrogen-bond acceptors (Lipinski definition) is 11. The molecule has 0 aliphatic rings. The molecule has 2 aromatic heterocycles. The number of halogens is 12. The quantitative estimate of drug-likeness (QED) is 0.0336. The molecule has 2 unspecified atom stereocenters. The van der Waals surface area contributed by atoms with Gasteiger partial charge in [-0.05, 0) is 85.0 Å². The number of rotatable bonds is 15. The molecule has 4 aromatic carbocycles. The van der Waals surface area contributed by atoms with E-state index in [4.69, 9.17) is 0 Å². The van der Waals surface area contributed by atoms with Crippen LogP contribution < -0.4 is 0 Å². The number of nitro benzene ring substituents is 2. The van der Waals surface area contributed by atoms with E-state index in [0.29, 0.717) is 59.0 Å². The first-order valence-corrected chi connectivity index (χ1v) is 24.1. The van der Waals surface area contributed by atoms with Crippen molar-refractivity contribution in [3.63, 3.8) is 0 Å². The summed E-state index contributed by atoms with van der Waals surface area (Å²) in [5, 5.41) is 30.5. The van der Waals surface area contributed by atoms with Crippen LogP contribution in [0, 0.1) is 34.1 Å². The topological polar surface area (TPSA) is 210 Å². The number of Topliss-reactive ketones (excluding diaryl/α,β-unsaturated/α-hetero) is 2. The molecule has 1 N–H and O–H groups in total. The molecule has 77 heavy (non-hydrogen) atoms. The largest absolute Gasteiger partial charge is 0.422 e. The number of alkyl halides is 12. The van der Waals surface area contributed by atoms with Crippen molar-refractivity contribution in [2.24, 2.45) is 0 Å². The highest BCUT2D eigenvalue weighted by molar-refractivity contribution is 7.86. The Morgan fingerprint density at radius 1 is 0.649 bits per heavy atom. The first-order chi connectivity index (χ1) is 35.3. The zero-order chi connectivity index (χ0) is 58.4. The molecular formula is C49H46F12N6O9S. The molecule has 0 amide bonds. The van der Waals surface area contributed by atoms with Crippen LogP contribution in [0.5, 0.6) is 0 Å². The molecule has 0 aliphatic carbocycles. The monoisotopic (exact) mass is 1120 g/mol. The van der Waals surface area contributed by atoms with E-state index in [1.54, 1.807) is 13.8 Å². The smallest absolute Gasteiger partial charge is 0.294 e. The Morgan fingerprint density at radius 3 is 1.43 bits per heavy atom. The average molecular weight is 1120 g/mol. The Hall–Kier alpha value is -7.49. The maximum absolute atomic E-state index is 14.3. The molecule has 416 valence electrons. The van der Waals surface area contributed by atoms with Crippen molar-refractivity contribution in [1.29, 1.82) is 0 Å². The Morgan fingerprint density at radius 2 is 1.09 bits per heavy atom. The number of aryl methyl sites for hydroxylation is 4. The summed E-state index contributed by atoms with van der Waals surface area (Å²) < 4.78 is 186. The number of H-pyrrole nitrogens is 1. The molecule has 6 aromatic rings. The van der Waals surface area contributed by atoms with Crippen LogP contribution in [0.3, 0.4) is 0 Å². The second-order valence-electron chi connectivity index (χ2n) is 17.4. The number of benzene rings is 4. The number of non-ortho nitro benzene ring substituents is 2. The van der Waals surface area contributed by atoms with E-state index in [-0.39, 0.29) is 58.4 Å². The van der Waals surface area contributed by atoms with Crippen LogP contribution in [-0.4, -0.2) is 68.4 Å². The SMILES string of the molecule is CCc1cc(C(C)(OS(C)(=O)=O)C(F)(F)F)cc(C)c1CC(=O)c1cccc([N+](=O)[O-])c1.CCc1cc(C(C)(n2cc(C(F)(F)F)cn2)C(F)(F)F)cc(C)c1CC(=O)c1cccc([N+](=O)[O-])c1.FC(F)(F)c1cn[nH]c1. The number of nitrogens with zero attached hydrogens (tertiary/aromatic N) is 5. The number of hydrogen-bond donors (Lipinski definition) is 1. The van der Waals surface area contributed by atoms with Gasteiger partial charge in [-0.2, -0.15) is 71.3 Å². The maximum Gasteiger partial charge on any atom is 0.422 e. The Bertz CT molecular complexity index is 3250. The van der Waals surface area contributed by atoms with Gasteiger partial charge in [0.15, 0.2) is 17.1 Å². The number of aromatic nitrogens is 4. The summed E-state index contributed by atoms with van der Waals surface area (Å²) in [6.45, 7) is 7.73. The lowest BCUT2D eigenvalue weighted by atomic mass is 9.84. The predicted molar refractivity (Wildman–Crippen MR) is 252 cm³/mol. The van der Waals surface area contributed by atoms with Gasteiger partial charge in [0.2, 0.25) is 5.60 Å². The number of carbonyl (C=O) groups is 2. The van der Waals surface area contributed by atoms with Crippen LogP contribution in [0.2, 0.25) is 0 Å². The summed E-state index contributed by atoms with van der Waals surface area (Å²) in [6, 6.07) is 15.0. The second-order valence-corrected chi connectivity index (χ2v) is 19.0. The fraction of sp³-hybridized carbons (Fsp3) is 0.347. The molecule has 0 aliphatic heterocycles. The average Bonchev–Trinajstić information content (AvgIpc) is 4.07. The van der Waals surface area contributed by atoms with Crippen molar-refractivity contribution in [3.8, 4) is 0 Å². The third-order valence-electron chi connectivity index (χ3n) is 12.0. The lowest BCUT2D eigenvalue weighted by Gasteiger charge is -2.34. The van der Waals surface area contributed by atoms with Gasteiger partial charge in [0.1, 0.15) is 0 Å². The van der Waals surface area contributed by atoms with E-state index in [1.165, 1.54) is 68.4 Å². The fourth-order valence-corrected chi connectivity index (χ4v) is 8.49. The zero-order valence-corrected chi connectivity index (χ0v) is 42.2. The van der Waals surface area contributed by atoms with Gasteiger partial charge in [-0.25, -0.2) is 4.18 Å². The van der Waals surface area contributed by atoms with E-state index in [0.717, 1.165) is 37.5 Å². The van der Waals surface area contributed by atoms with Crippen molar-refractivity contribution in [2.75, 3.05) is 6.26 Å². The number of carbonyl (C=O) groups excluding carboxylic acids is 2. The molecule has 0 radical (unpaired) electrons. The van der Waals surface area contributed by atoms with E-state index in [1.807, 2.05) is 0 Å². The number of aromatic amines is 1. The van der Waals surface area contributed by atoms with Gasteiger partial charge in [0.25, 0.3) is 21.5 Å². The summed E-state index contributed by atoms with van der Waals surface area (Å²) >= 11 is 0. The van der Waals surface area contributed by atoms with Gasteiger partial charge in [0, 0.05) is 60.6 Å². The molecular weight excluding hydrogens is 1080 g/mol. The highest BCUT2D eigenvalue weighted by Gasteiger charge is 2.57. The lowest BCUT2D eigenvalue weighted by molar-refractivity contribution is -0.385. The Balaban J connectivity index is 0.000000287. The van der Waals surface area contributed by atoms with Crippen LogP contribution in [0.1, 0.15) is 104 Å². The van der Waals surface area contributed by atoms with Crippen LogP contribution in [0.15, 0.2) is 97.6 Å². The zero-order valence-electron chi connectivity index (χ0n) is 41.4. The van der Waals surface area contributed by atoms with Crippen molar-refractivity contribution < 1.29 is 84.7 Å². The Kier molecular flexibility index (Phi) is 18.9. The number of nitro groups is 2. The lowest BCUT2D eigenvalue weighted by Crippen LogP contribution is -2.46. The van der Waals surface area contributed by atoms with Crippen LogP contribution in [0.4, 0.5) is 64.1 Å². The Labute approximate surface area is 430 Å². The maximum atomic E-state index is 14.3. The third-order valence-corrected chi connectivity index (χ3v) is 12.7. The molecule has 2 heterocycles. The van der Waals surface area contributed by atoms with Gasteiger partial charge in [-0.1, -0.05) is 62.4 Å². The minimum Gasteiger partial charge on any atom is -0.294 e. The highest BCUT2D eigenvalue weighted by Crippen LogP contribution is 2.46. The molecule has 28 heteroatoms. The number of ketones is 2. The van der Waals surface area contributed by atoms with E-state index in [9.17, 15) is 90.9 Å². The highest BCUT2D eigenvalue weighted by atomic mass is 32.2. The van der Waals surface area contributed by atoms with E-state index >= 15 is 0 Å². The summed E-state index contributed by atoms with van der Waals surface area (Å²) in [7, 11) is -4.45. The van der Waals surface area contributed by atoms with E-state index in [2.05, 4.69) is 19.5 Å². The first kappa shape index (κ1) is 62.1. The van der Waals surface area contributed by atoms with Crippen molar-refractivity contribution >= 4 is 33.1 Å². The van der Waals surface area contributed by atoms with E-state index < -0.39 is 84.1 Å². The minimum atomic E-state index is -5.03. The molecule has 0 fully saturated rings. The summed E-state index contributed by atoms with van der Waals surface area (Å²) in [6.07, 6.45) is -16.4. The predicted octanol–water partition coefficient (Wildman–Crippen LogP) is 12.5. The third kappa shape index (κ3) is 14.9. The standard InChI is InChI=1S/C24H21F6N3O3.C21H22F3NO6S.C4H3F3N2/c1-4-15-9-17(22(3,24(28,29)30)32-13-18(12-31-32)23(25,26)27)8-14(2)20(15)11-21(34)16-6-5-7-19(10-16)33(35)36;1-5-14-10-16(20(3,21(22,23)24)31-32(4,29)30)9-13(2)18(14)12-19(26)15-7-6-8-17(11-15)25(27)28;5-4(6,7)3-1-8-9-2-3/h5-10,12-13H,4,11H2,1-3H3;6-11H,5,12H2,1-4H3;1-2H,(H,8,9). The minimum absolute atomic E-state index is 0.0751. The molecule has 0 saturated carbocycles. The molecule has 15 nitrogen and oxygen atoms in total. The first-order valence-electron chi connectivity index (χ1n) is 22.3. The van der Waals surface area contributed by atoms with Gasteiger partial charge >= 0.3 is 24.7 Å². The van der Waals surface area contributed by atoms with Crippen LogP contribution in [-0.2, 0) is 63.5 Å². The van der Waals surface area contributed by atoms with Gasteiger partial charge in [-0.3, -0.25) is 39.6 Å². The van der Waals surface area contributed by atoms with Crippen LogP contribution in [0.25, 0.3) is 0 Å². The summed E-state index contributed by atoms with van der Waals surface area (Å²) in [5.74, 6) is -0.907. The van der Waals surface area contributed by atoms with Crippen molar-refractivity contribution in [2.45, 2.75) is 103 Å². The molecule has 2 atom stereocenters. The molecule has 0 bridgehead atoms.